The van der Waals surface area contributed by atoms with Gasteiger partial charge in [0, 0.05) is 57.3 Å². The summed E-state index contributed by atoms with van der Waals surface area (Å²) in [7, 11) is 0. The lowest BCUT2D eigenvalue weighted by atomic mass is 10.2. The van der Waals surface area contributed by atoms with Gasteiger partial charge in [-0.15, -0.1) is 24.0 Å². The average Bonchev–Trinajstić information content (AvgIpc) is 3.30. The summed E-state index contributed by atoms with van der Waals surface area (Å²) in [6.45, 7) is 10.6. The van der Waals surface area contributed by atoms with Crippen LogP contribution in [-0.2, 0) is 11.2 Å². The highest BCUT2D eigenvalue weighted by atomic mass is 127. The first-order valence-electron chi connectivity index (χ1n) is 9.02. The van der Waals surface area contributed by atoms with Crippen LogP contribution in [0.15, 0.2) is 4.99 Å². The molecule has 3 rings (SSSR count). The Morgan fingerprint density at radius 2 is 2.12 bits per heavy atom. The van der Waals surface area contributed by atoms with Crippen molar-refractivity contribution >= 4 is 46.6 Å². The molecule has 0 spiro atoms. The molecule has 142 valence electrons. The van der Waals surface area contributed by atoms with Crippen molar-refractivity contribution in [1.29, 1.82) is 0 Å². The van der Waals surface area contributed by atoms with Crippen LogP contribution >= 0.6 is 35.5 Å². The van der Waals surface area contributed by atoms with Gasteiger partial charge in [-0.3, -0.25) is 4.99 Å². The summed E-state index contributed by atoms with van der Waals surface area (Å²) in [5.41, 5.74) is 0. The Bertz CT molecular complexity index is 540. The Kier molecular flexibility index (Phi) is 8.63. The molecular formula is C16H29IN6OS. The lowest BCUT2D eigenvalue weighted by molar-refractivity contribution is 0.117. The summed E-state index contributed by atoms with van der Waals surface area (Å²) < 4.78 is 10.1. The maximum Gasteiger partial charge on any atom is 0.205 e. The Labute approximate surface area is 171 Å². The first kappa shape index (κ1) is 20.6. The number of rotatable bonds is 5. The van der Waals surface area contributed by atoms with Crippen LogP contribution in [0, 0.1) is 0 Å². The van der Waals surface area contributed by atoms with Gasteiger partial charge in [0.15, 0.2) is 5.96 Å². The Balaban J connectivity index is 0.00000225. The molecule has 1 N–H and O–H groups in total. The fourth-order valence-electron chi connectivity index (χ4n) is 3.03. The van der Waals surface area contributed by atoms with E-state index in [1.165, 1.54) is 11.5 Å². The normalized spacial score (nSPS) is 21.4. The van der Waals surface area contributed by atoms with Gasteiger partial charge in [-0.05, 0) is 19.8 Å². The highest BCUT2D eigenvalue weighted by Gasteiger charge is 2.22. The summed E-state index contributed by atoms with van der Waals surface area (Å²) in [6, 6.07) is 0. The quantitative estimate of drug-likeness (QED) is 0.395. The van der Waals surface area contributed by atoms with Crippen molar-refractivity contribution in [2.24, 2.45) is 4.99 Å². The van der Waals surface area contributed by atoms with Crippen LogP contribution in [0.5, 0.6) is 0 Å². The number of nitrogens with zero attached hydrogens (tertiary/aromatic N) is 5. The summed E-state index contributed by atoms with van der Waals surface area (Å²) in [5.74, 6) is 1.96. The number of aromatic nitrogens is 2. The SMILES string of the molecule is CCNC(=NCC1CCCO1)N1CCN(c2nc(CC)ns2)CC1.I. The summed E-state index contributed by atoms with van der Waals surface area (Å²) in [6.07, 6.45) is 3.50. The Morgan fingerprint density at radius 3 is 2.72 bits per heavy atom. The number of guanidine groups is 1. The fraction of sp³-hybridized carbons (Fsp3) is 0.812. The minimum Gasteiger partial charge on any atom is -0.376 e. The lowest BCUT2D eigenvalue weighted by Crippen LogP contribution is -2.52. The molecular weight excluding hydrogens is 451 g/mol. The molecule has 0 saturated carbocycles. The van der Waals surface area contributed by atoms with Crippen LogP contribution in [0.25, 0.3) is 0 Å². The average molecular weight is 480 g/mol. The highest BCUT2D eigenvalue weighted by Crippen LogP contribution is 2.19. The van der Waals surface area contributed by atoms with Gasteiger partial charge in [-0.25, -0.2) is 4.98 Å². The second kappa shape index (κ2) is 10.5. The summed E-state index contributed by atoms with van der Waals surface area (Å²) in [5, 5.41) is 4.47. The number of halogens is 1. The number of hydrogen-bond acceptors (Lipinski definition) is 6. The topological polar surface area (TPSA) is 65.9 Å². The van der Waals surface area contributed by atoms with E-state index in [0.29, 0.717) is 6.10 Å². The molecule has 0 aliphatic carbocycles. The van der Waals surface area contributed by atoms with E-state index in [4.69, 9.17) is 9.73 Å². The Hall–Kier alpha value is -0.680. The first-order chi connectivity index (χ1) is 11.8. The molecule has 0 bridgehead atoms. The van der Waals surface area contributed by atoms with Gasteiger partial charge >= 0.3 is 0 Å². The molecule has 1 aromatic heterocycles. The summed E-state index contributed by atoms with van der Waals surface area (Å²) >= 11 is 1.51. The fourth-order valence-corrected chi connectivity index (χ4v) is 3.83. The molecule has 1 aromatic rings. The highest BCUT2D eigenvalue weighted by molar-refractivity contribution is 14.0. The van der Waals surface area contributed by atoms with Crippen LogP contribution < -0.4 is 10.2 Å². The predicted octanol–water partition coefficient (Wildman–Crippen LogP) is 1.98. The van der Waals surface area contributed by atoms with Gasteiger partial charge in [0.25, 0.3) is 0 Å². The van der Waals surface area contributed by atoms with Crippen molar-refractivity contribution in [3.05, 3.63) is 5.82 Å². The van der Waals surface area contributed by atoms with Crippen LogP contribution in [0.1, 0.15) is 32.5 Å². The van der Waals surface area contributed by atoms with Crippen molar-refractivity contribution in [1.82, 2.24) is 19.6 Å². The molecule has 1 atom stereocenters. The number of ether oxygens (including phenoxy) is 1. The van der Waals surface area contributed by atoms with Gasteiger partial charge in [0.1, 0.15) is 5.82 Å². The predicted molar refractivity (Wildman–Crippen MR) is 113 cm³/mol. The molecule has 3 heterocycles. The van der Waals surface area contributed by atoms with Crippen molar-refractivity contribution in [3.63, 3.8) is 0 Å². The standard InChI is InChI=1S/C16H28N6OS.HI/c1-3-14-19-16(24-20-14)22-9-7-21(8-10-22)15(17-4-2)18-12-13-6-5-11-23-13;/h13H,3-12H2,1-2H3,(H,17,18);1H. The zero-order valence-corrected chi connectivity index (χ0v) is 18.3. The van der Waals surface area contributed by atoms with Crippen LogP contribution in [0.4, 0.5) is 5.13 Å². The zero-order valence-electron chi connectivity index (χ0n) is 15.1. The van der Waals surface area contributed by atoms with Crippen molar-refractivity contribution in [2.75, 3.05) is 50.8 Å². The van der Waals surface area contributed by atoms with E-state index >= 15 is 0 Å². The zero-order chi connectivity index (χ0) is 16.8. The van der Waals surface area contributed by atoms with Crippen molar-refractivity contribution in [2.45, 2.75) is 39.2 Å². The molecule has 2 saturated heterocycles. The van der Waals surface area contributed by atoms with Gasteiger partial charge in [-0.2, -0.15) is 4.37 Å². The van der Waals surface area contributed by atoms with E-state index in [2.05, 4.69) is 38.3 Å². The molecule has 2 aliphatic rings. The molecule has 2 aliphatic heterocycles. The second-order valence-electron chi connectivity index (χ2n) is 6.15. The second-order valence-corrected chi connectivity index (χ2v) is 6.88. The first-order valence-corrected chi connectivity index (χ1v) is 9.80. The van der Waals surface area contributed by atoms with Gasteiger partial charge < -0.3 is 19.9 Å². The Morgan fingerprint density at radius 1 is 1.32 bits per heavy atom. The van der Waals surface area contributed by atoms with E-state index in [1.54, 1.807) is 0 Å². The maximum absolute atomic E-state index is 5.68. The number of aliphatic imine (C=N–C) groups is 1. The van der Waals surface area contributed by atoms with E-state index in [-0.39, 0.29) is 24.0 Å². The third-order valence-electron chi connectivity index (χ3n) is 4.43. The molecule has 0 aromatic carbocycles. The van der Waals surface area contributed by atoms with E-state index in [0.717, 1.165) is 82.1 Å². The van der Waals surface area contributed by atoms with Crippen LogP contribution in [0.3, 0.4) is 0 Å². The minimum absolute atomic E-state index is 0. The van der Waals surface area contributed by atoms with E-state index in [1.807, 2.05) is 0 Å². The van der Waals surface area contributed by atoms with Gasteiger partial charge in [0.2, 0.25) is 5.13 Å². The number of hydrogen-bond donors (Lipinski definition) is 1. The number of aryl methyl sites for hydroxylation is 1. The maximum atomic E-state index is 5.68. The molecule has 0 radical (unpaired) electrons. The summed E-state index contributed by atoms with van der Waals surface area (Å²) in [4.78, 5) is 14.1. The number of anilines is 1. The van der Waals surface area contributed by atoms with Crippen LogP contribution in [0.2, 0.25) is 0 Å². The smallest absolute Gasteiger partial charge is 0.205 e. The van der Waals surface area contributed by atoms with E-state index < -0.39 is 0 Å². The van der Waals surface area contributed by atoms with Crippen molar-refractivity contribution < 1.29 is 4.74 Å². The largest absolute Gasteiger partial charge is 0.376 e. The monoisotopic (exact) mass is 480 g/mol. The van der Waals surface area contributed by atoms with Crippen LogP contribution in [-0.4, -0.2) is 72.2 Å². The number of piperazine rings is 1. The third-order valence-corrected chi connectivity index (χ3v) is 5.24. The van der Waals surface area contributed by atoms with Gasteiger partial charge in [0.05, 0.1) is 12.6 Å². The van der Waals surface area contributed by atoms with Gasteiger partial charge in [-0.1, -0.05) is 6.92 Å². The third kappa shape index (κ3) is 5.65. The molecule has 9 heteroatoms. The molecule has 0 amide bonds. The minimum atomic E-state index is 0. The molecule has 1 unspecified atom stereocenters. The van der Waals surface area contributed by atoms with E-state index in [9.17, 15) is 0 Å². The lowest BCUT2D eigenvalue weighted by Gasteiger charge is -2.36. The molecule has 7 nitrogen and oxygen atoms in total. The van der Waals surface area contributed by atoms with Crippen molar-refractivity contribution in [3.8, 4) is 0 Å². The molecule has 25 heavy (non-hydrogen) atoms. The number of nitrogens with one attached hydrogen (secondary N) is 1. The molecule has 2 fully saturated rings.